The molecular formula is C15H25FN2. The molecule has 0 bridgehead atoms. The fourth-order valence-electron chi connectivity index (χ4n) is 2.12. The highest BCUT2D eigenvalue weighted by Crippen LogP contribution is 2.19. The molecule has 0 spiro atoms. The highest BCUT2D eigenvalue weighted by atomic mass is 19.1. The zero-order chi connectivity index (χ0) is 13.4. The molecule has 0 radical (unpaired) electrons. The number of anilines is 1. The summed E-state index contributed by atoms with van der Waals surface area (Å²) in [6.45, 7) is 7.11. The third-order valence-corrected chi connectivity index (χ3v) is 3.46. The molecule has 18 heavy (non-hydrogen) atoms. The van der Waals surface area contributed by atoms with E-state index in [0.717, 1.165) is 25.2 Å². The van der Waals surface area contributed by atoms with Crippen molar-refractivity contribution in [2.24, 2.45) is 11.7 Å². The van der Waals surface area contributed by atoms with Gasteiger partial charge in [0.25, 0.3) is 0 Å². The van der Waals surface area contributed by atoms with Gasteiger partial charge in [-0.25, -0.2) is 4.39 Å². The van der Waals surface area contributed by atoms with Crippen molar-refractivity contribution in [3.8, 4) is 0 Å². The highest BCUT2D eigenvalue weighted by Gasteiger charge is 2.11. The van der Waals surface area contributed by atoms with Crippen molar-refractivity contribution in [3.05, 3.63) is 30.1 Å². The lowest BCUT2D eigenvalue weighted by atomic mass is 10.0. The normalized spacial score (nSPS) is 10.9. The van der Waals surface area contributed by atoms with E-state index in [1.165, 1.54) is 25.0 Å². The van der Waals surface area contributed by atoms with Crippen LogP contribution in [0.3, 0.4) is 0 Å². The minimum absolute atomic E-state index is 0.181. The van der Waals surface area contributed by atoms with E-state index in [-0.39, 0.29) is 5.82 Å². The summed E-state index contributed by atoms with van der Waals surface area (Å²) in [5.74, 6) is 0.507. The Morgan fingerprint density at radius 3 is 2.28 bits per heavy atom. The van der Waals surface area contributed by atoms with E-state index in [0.29, 0.717) is 12.5 Å². The van der Waals surface area contributed by atoms with Gasteiger partial charge in [-0.15, -0.1) is 0 Å². The molecule has 0 aliphatic heterocycles. The lowest BCUT2D eigenvalue weighted by Crippen LogP contribution is -2.31. The average Bonchev–Trinajstić information content (AvgIpc) is 2.40. The van der Waals surface area contributed by atoms with E-state index in [2.05, 4.69) is 18.7 Å². The van der Waals surface area contributed by atoms with Crippen molar-refractivity contribution >= 4 is 5.69 Å². The second kappa shape index (κ2) is 8.09. The summed E-state index contributed by atoms with van der Waals surface area (Å²) in [6.07, 6.45) is 3.32. The van der Waals surface area contributed by atoms with Gasteiger partial charge in [-0.1, -0.05) is 26.7 Å². The predicted octanol–water partition coefficient (Wildman–Crippen LogP) is 3.42. The zero-order valence-corrected chi connectivity index (χ0v) is 11.5. The maximum Gasteiger partial charge on any atom is 0.123 e. The van der Waals surface area contributed by atoms with E-state index in [4.69, 9.17) is 5.73 Å². The summed E-state index contributed by atoms with van der Waals surface area (Å²) >= 11 is 0. The first-order chi connectivity index (χ1) is 8.71. The van der Waals surface area contributed by atoms with Gasteiger partial charge in [0.05, 0.1) is 0 Å². The van der Waals surface area contributed by atoms with Gasteiger partial charge in [0.15, 0.2) is 0 Å². The summed E-state index contributed by atoms with van der Waals surface area (Å²) in [5.41, 5.74) is 6.68. The highest BCUT2D eigenvalue weighted by molar-refractivity contribution is 5.46. The fraction of sp³-hybridized carbons (Fsp3) is 0.600. The van der Waals surface area contributed by atoms with Crippen LogP contribution in [-0.2, 0) is 0 Å². The van der Waals surface area contributed by atoms with Gasteiger partial charge in [-0.3, -0.25) is 0 Å². The van der Waals surface area contributed by atoms with Gasteiger partial charge in [-0.05, 0) is 43.1 Å². The molecule has 1 rings (SSSR count). The van der Waals surface area contributed by atoms with Crippen LogP contribution >= 0.6 is 0 Å². The smallest absolute Gasteiger partial charge is 0.123 e. The van der Waals surface area contributed by atoms with Crippen molar-refractivity contribution in [1.82, 2.24) is 0 Å². The number of benzene rings is 1. The van der Waals surface area contributed by atoms with Crippen LogP contribution in [0.25, 0.3) is 0 Å². The summed E-state index contributed by atoms with van der Waals surface area (Å²) in [4.78, 5) is 2.32. The molecule has 0 atom stereocenters. The quantitative estimate of drug-likeness (QED) is 0.768. The van der Waals surface area contributed by atoms with Gasteiger partial charge in [-0.2, -0.15) is 0 Å². The monoisotopic (exact) mass is 252 g/mol. The molecular weight excluding hydrogens is 227 g/mol. The van der Waals surface area contributed by atoms with Crippen molar-refractivity contribution in [2.45, 2.75) is 33.1 Å². The Morgan fingerprint density at radius 1 is 1.17 bits per heavy atom. The Hall–Kier alpha value is -1.09. The summed E-state index contributed by atoms with van der Waals surface area (Å²) < 4.78 is 13.0. The summed E-state index contributed by atoms with van der Waals surface area (Å²) in [5, 5.41) is 0. The average molecular weight is 252 g/mol. The number of nitrogens with zero attached hydrogens (tertiary/aromatic N) is 1. The van der Waals surface area contributed by atoms with Crippen molar-refractivity contribution in [2.75, 3.05) is 24.5 Å². The standard InChI is InChI=1S/C15H25FN2/c1-3-13(4-2)12-18(11-5-10-17)15-8-6-14(16)7-9-15/h6-9,13H,3-5,10-12,17H2,1-2H3. The van der Waals surface area contributed by atoms with Crippen LogP contribution in [0.2, 0.25) is 0 Å². The number of hydrogen-bond acceptors (Lipinski definition) is 2. The van der Waals surface area contributed by atoms with Crippen LogP contribution < -0.4 is 10.6 Å². The van der Waals surface area contributed by atoms with Crippen LogP contribution in [0.4, 0.5) is 10.1 Å². The van der Waals surface area contributed by atoms with E-state index in [9.17, 15) is 4.39 Å². The Balaban J connectivity index is 2.73. The molecule has 0 saturated heterocycles. The van der Waals surface area contributed by atoms with Crippen LogP contribution in [0.1, 0.15) is 33.1 Å². The lowest BCUT2D eigenvalue weighted by molar-refractivity contribution is 0.480. The molecule has 0 aliphatic carbocycles. The number of hydrogen-bond donors (Lipinski definition) is 1. The maximum absolute atomic E-state index is 13.0. The third kappa shape index (κ3) is 4.65. The minimum Gasteiger partial charge on any atom is -0.371 e. The van der Waals surface area contributed by atoms with Gasteiger partial charge in [0.2, 0.25) is 0 Å². The van der Waals surface area contributed by atoms with E-state index >= 15 is 0 Å². The van der Waals surface area contributed by atoms with E-state index < -0.39 is 0 Å². The SMILES string of the molecule is CCC(CC)CN(CCCN)c1ccc(F)cc1. The van der Waals surface area contributed by atoms with E-state index in [1.54, 1.807) is 0 Å². The van der Waals surface area contributed by atoms with Gasteiger partial charge >= 0.3 is 0 Å². The first kappa shape index (κ1) is 15.0. The Kier molecular flexibility index (Phi) is 6.73. The van der Waals surface area contributed by atoms with Gasteiger partial charge in [0, 0.05) is 18.8 Å². The molecule has 1 aromatic rings. The molecule has 1 aromatic carbocycles. The first-order valence-electron chi connectivity index (χ1n) is 6.91. The molecule has 0 saturated carbocycles. The molecule has 0 amide bonds. The molecule has 0 aliphatic rings. The Bertz CT molecular complexity index is 320. The zero-order valence-electron chi connectivity index (χ0n) is 11.5. The maximum atomic E-state index is 13.0. The van der Waals surface area contributed by atoms with Crippen LogP contribution in [-0.4, -0.2) is 19.6 Å². The summed E-state index contributed by atoms with van der Waals surface area (Å²) in [6, 6.07) is 6.76. The van der Waals surface area contributed by atoms with Gasteiger partial charge in [0.1, 0.15) is 5.82 Å². The van der Waals surface area contributed by atoms with Crippen molar-refractivity contribution < 1.29 is 4.39 Å². The second-order valence-electron chi connectivity index (χ2n) is 4.75. The van der Waals surface area contributed by atoms with Crippen molar-refractivity contribution in [1.29, 1.82) is 0 Å². The molecule has 2 N–H and O–H groups in total. The number of halogens is 1. The molecule has 0 aromatic heterocycles. The lowest BCUT2D eigenvalue weighted by Gasteiger charge is -2.28. The fourth-order valence-corrected chi connectivity index (χ4v) is 2.12. The van der Waals surface area contributed by atoms with Crippen LogP contribution in [0.15, 0.2) is 24.3 Å². The molecule has 0 heterocycles. The number of rotatable bonds is 8. The first-order valence-corrected chi connectivity index (χ1v) is 6.91. The Labute approximate surface area is 110 Å². The molecule has 2 nitrogen and oxygen atoms in total. The van der Waals surface area contributed by atoms with Crippen molar-refractivity contribution in [3.63, 3.8) is 0 Å². The van der Waals surface area contributed by atoms with E-state index in [1.807, 2.05) is 12.1 Å². The summed E-state index contributed by atoms with van der Waals surface area (Å²) in [7, 11) is 0. The molecule has 0 fully saturated rings. The third-order valence-electron chi connectivity index (χ3n) is 3.46. The molecule has 0 unspecified atom stereocenters. The van der Waals surface area contributed by atoms with Gasteiger partial charge < -0.3 is 10.6 Å². The molecule has 102 valence electrons. The Morgan fingerprint density at radius 2 is 1.78 bits per heavy atom. The van der Waals surface area contributed by atoms with Crippen LogP contribution in [0, 0.1) is 11.7 Å². The topological polar surface area (TPSA) is 29.3 Å². The largest absolute Gasteiger partial charge is 0.371 e. The number of nitrogens with two attached hydrogens (primary N) is 1. The second-order valence-corrected chi connectivity index (χ2v) is 4.75. The minimum atomic E-state index is -0.181. The predicted molar refractivity (Wildman–Crippen MR) is 76.4 cm³/mol. The molecule has 3 heteroatoms. The van der Waals surface area contributed by atoms with Crippen LogP contribution in [0.5, 0.6) is 0 Å².